The number of carbonyl (C=O) groups excluding carboxylic acids is 1. The number of hydrogen-bond acceptors (Lipinski definition) is 3. The first-order valence-corrected chi connectivity index (χ1v) is 9.48. The minimum absolute atomic E-state index is 0.260. The van der Waals surface area contributed by atoms with E-state index in [1.54, 1.807) is 18.2 Å². The molecule has 0 atom stereocenters. The molecule has 152 valence electrons. The highest BCUT2D eigenvalue weighted by molar-refractivity contribution is 5.72. The van der Waals surface area contributed by atoms with Gasteiger partial charge in [0.2, 0.25) is 0 Å². The topological polar surface area (TPSA) is 51.2 Å². The van der Waals surface area contributed by atoms with Gasteiger partial charge in [0.15, 0.2) is 0 Å². The van der Waals surface area contributed by atoms with Crippen molar-refractivity contribution in [1.29, 1.82) is 0 Å². The van der Waals surface area contributed by atoms with E-state index < -0.39 is 17.8 Å². The van der Waals surface area contributed by atoms with Crippen LogP contribution in [0.5, 0.6) is 5.75 Å². The second-order valence-corrected chi connectivity index (χ2v) is 6.57. The molecule has 1 aromatic heterocycles. The van der Waals surface area contributed by atoms with E-state index in [2.05, 4.69) is 17.2 Å². The van der Waals surface area contributed by atoms with Crippen LogP contribution in [0.2, 0.25) is 0 Å². The smallest absolute Gasteiger partial charge is 0.410 e. The van der Waals surface area contributed by atoms with Gasteiger partial charge in [0.05, 0.1) is 5.56 Å². The lowest BCUT2D eigenvalue weighted by Gasteiger charge is -2.10. The van der Waals surface area contributed by atoms with Crippen molar-refractivity contribution in [2.24, 2.45) is 0 Å². The molecule has 0 bridgehead atoms. The molecule has 0 aliphatic rings. The zero-order valence-corrected chi connectivity index (χ0v) is 15.9. The number of aromatic nitrogens is 1. The number of hydrogen-bond donors (Lipinski definition) is 1. The molecule has 0 fully saturated rings. The standard InChI is InChI=1S/C21H25F3N2O2/c1-2-3-4-5-6-7-11-26-20(27)28-19-10-8-9-16(13-19)17-12-18(15-25-14-17)21(22,23)24/h8-10,12-15H,2-7,11H2,1H3,(H,26,27). The normalized spacial score (nSPS) is 11.3. The first kappa shape index (κ1) is 21.7. The zero-order chi connectivity index (χ0) is 20.4. The minimum Gasteiger partial charge on any atom is -0.410 e. The fourth-order valence-electron chi connectivity index (χ4n) is 2.73. The van der Waals surface area contributed by atoms with Gasteiger partial charge < -0.3 is 10.1 Å². The van der Waals surface area contributed by atoms with Gasteiger partial charge in [0.1, 0.15) is 5.75 Å². The van der Waals surface area contributed by atoms with Gasteiger partial charge in [0.25, 0.3) is 0 Å². The van der Waals surface area contributed by atoms with Crippen molar-refractivity contribution in [2.45, 2.75) is 51.6 Å². The van der Waals surface area contributed by atoms with Gasteiger partial charge in [-0.2, -0.15) is 13.2 Å². The average molecular weight is 394 g/mol. The summed E-state index contributed by atoms with van der Waals surface area (Å²) in [6.07, 6.45) is 3.80. The number of nitrogens with zero attached hydrogens (tertiary/aromatic N) is 1. The quantitative estimate of drug-likeness (QED) is 0.514. The predicted octanol–water partition coefficient (Wildman–Crippen LogP) is 6.22. The van der Waals surface area contributed by atoms with E-state index in [9.17, 15) is 18.0 Å². The Bertz CT molecular complexity index is 763. The highest BCUT2D eigenvalue weighted by Crippen LogP contribution is 2.32. The summed E-state index contributed by atoms with van der Waals surface area (Å²) >= 11 is 0. The maximum absolute atomic E-state index is 12.9. The van der Waals surface area contributed by atoms with Crippen LogP contribution in [0.25, 0.3) is 11.1 Å². The van der Waals surface area contributed by atoms with E-state index in [0.29, 0.717) is 17.7 Å². The molecule has 0 saturated heterocycles. The number of carbonyl (C=O) groups is 1. The summed E-state index contributed by atoms with van der Waals surface area (Å²) in [7, 11) is 0. The molecule has 7 heteroatoms. The second-order valence-electron chi connectivity index (χ2n) is 6.57. The Balaban J connectivity index is 1.89. The molecule has 0 aliphatic carbocycles. The monoisotopic (exact) mass is 394 g/mol. The van der Waals surface area contributed by atoms with Gasteiger partial charge in [-0.15, -0.1) is 0 Å². The highest BCUT2D eigenvalue weighted by Gasteiger charge is 2.31. The van der Waals surface area contributed by atoms with Crippen LogP contribution < -0.4 is 10.1 Å². The zero-order valence-electron chi connectivity index (χ0n) is 15.9. The molecular formula is C21H25F3N2O2. The van der Waals surface area contributed by atoms with Crippen LogP contribution in [0, 0.1) is 0 Å². The van der Waals surface area contributed by atoms with E-state index in [1.165, 1.54) is 31.5 Å². The Morgan fingerprint density at radius 3 is 2.54 bits per heavy atom. The summed E-state index contributed by atoms with van der Waals surface area (Å²) in [4.78, 5) is 15.5. The Labute approximate surface area is 163 Å². The van der Waals surface area contributed by atoms with Crippen molar-refractivity contribution in [2.75, 3.05) is 6.54 Å². The lowest BCUT2D eigenvalue weighted by atomic mass is 10.1. The maximum Gasteiger partial charge on any atom is 0.417 e. The lowest BCUT2D eigenvalue weighted by Crippen LogP contribution is -2.27. The summed E-state index contributed by atoms with van der Waals surface area (Å²) in [5.74, 6) is 0.260. The molecule has 0 saturated carbocycles. The van der Waals surface area contributed by atoms with E-state index in [4.69, 9.17) is 4.74 Å². The number of nitrogens with one attached hydrogen (secondary N) is 1. The van der Waals surface area contributed by atoms with Gasteiger partial charge in [-0.1, -0.05) is 51.2 Å². The third-order valence-corrected chi connectivity index (χ3v) is 4.24. The number of unbranched alkanes of at least 4 members (excludes halogenated alkanes) is 5. The molecule has 0 unspecified atom stereocenters. The van der Waals surface area contributed by atoms with Crippen molar-refractivity contribution < 1.29 is 22.7 Å². The SMILES string of the molecule is CCCCCCCCNC(=O)Oc1cccc(-c2cncc(C(F)(F)F)c2)c1. The molecule has 1 amide bonds. The van der Waals surface area contributed by atoms with Crippen molar-refractivity contribution in [3.63, 3.8) is 0 Å². The molecule has 0 spiro atoms. The summed E-state index contributed by atoms with van der Waals surface area (Å²) in [5.41, 5.74) is -0.0411. The van der Waals surface area contributed by atoms with Crippen LogP contribution in [-0.2, 0) is 6.18 Å². The number of alkyl halides is 3. The van der Waals surface area contributed by atoms with Crippen molar-refractivity contribution in [3.8, 4) is 16.9 Å². The summed E-state index contributed by atoms with van der Waals surface area (Å²) in [6, 6.07) is 7.37. The minimum atomic E-state index is -4.46. The lowest BCUT2D eigenvalue weighted by molar-refractivity contribution is -0.137. The number of amides is 1. The molecule has 1 heterocycles. The van der Waals surface area contributed by atoms with E-state index >= 15 is 0 Å². The number of halogens is 3. The fraction of sp³-hybridized carbons (Fsp3) is 0.429. The van der Waals surface area contributed by atoms with Crippen LogP contribution in [0.3, 0.4) is 0 Å². The van der Waals surface area contributed by atoms with Crippen molar-refractivity contribution >= 4 is 6.09 Å². The number of rotatable bonds is 9. The largest absolute Gasteiger partial charge is 0.417 e. The Hall–Kier alpha value is -2.57. The number of ether oxygens (including phenoxy) is 1. The third-order valence-electron chi connectivity index (χ3n) is 4.24. The van der Waals surface area contributed by atoms with Crippen LogP contribution >= 0.6 is 0 Å². The molecule has 0 radical (unpaired) electrons. The third kappa shape index (κ3) is 7.21. The van der Waals surface area contributed by atoms with Gasteiger partial charge >= 0.3 is 12.3 Å². The van der Waals surface area contributed by atoms with Crippen LogP contribution in [-0.4, -0.2) is 17.6 Å². The molecule has 28 heavy (non-hydrogen) atoms. The molecule has 2 rings (SSSR count). The summed E-state index contributed by atoms with van der Waals surface area (Å²) < 4.78 is 43.8. The van der Waals surface area contributed by atoms with E-state index in [0.717, 1.165) is 31.5 Å². The molecule has 0 aliphatic heterocycles. The first-order valence-electron chi connectivity index (χ1n) is 9.48. The Morgan fingerprint density at radius 1 is 1.04 bits per heavy atom. The number of benzene rings is 1. The number of pyridine rings is 1. The van der Waals surface area contributed by atoms with Gasteiger partial charge in [-0.25, -0.2) is 4.79 Å². The van der Waals surface area contributed by atoms with Crippen LogP contribution in [0.4, 0.5) is 18.0 Å². The molecule has 2 aromatic rings. The predicted molar refractivity (Wildman–Crippen MR) is 102 cm³/mol. The first-order chi connectivity index (χ1) is 13.4. The molecule has 1 aromatic carbocycles. The Morgan fingerprint density at radius 2 is 1.79 bits per heavy atom. The summed E-state index contributed by atoms with van der Waals surface area (Å²) in [6.45, 7) is 2.69. The molecular weight excluding hydrogens is 369 g/mol. The fourth-order valence-corrected chi connectivity index (χ4v) is 2.73. The maximum atomic E-state index is 12.9. The molecule has 1 N–H and O–H groups in total. The van der Waals surface area contributed by atoms with E-state index in [-0.39, 0.29) is 5.75 Å². The molecule has 4 nitrogen and oxygen atoms in total. The van der Waals surface area contributed by atoms with Crippen LogP contribution in [0.15, 0.2) is 42.7 Å². The van der Waals surface area contributed by atoms with Gasteiger partial charge in [-0.05, 0) is 30.2 Å². The summed E-state index contributed by atoms with van der Waals surface area (Å²) in [5, 5.41) is 2.69. The van der Waals surface area contributed by atoms with Gasteiger partial charge in [-0.3, -0.25) is 4.98 Å². The highest BCUT2D eigenvalue weighted by atomic mass is 19.4. The van der Waals surface area contributed by atoms with Crippen molar-refractivity contribution in [3.05, 3.63) is 48.3 Å². The Kier molecular flexibility index (Phi) is 8.29. The second kappa shape index (κ2) is 10.7. The van der Waals surface area contributed by atoms with Crippen molar-refractivity contribution in [1.82, 2.24) is 10.3 Å². The van der Waals surface area contributed by atoms with E-state index in [1.807, 2.05) is 0 Å². The van der Waals surface area contributed by atoms with Gasteiger partial charge in [0, 0.05) is 24.5 Å². The van der Waals surface area contributed by atoms with Crippen LogP contribution in [0.1, 0.15) is 51.0 Å². The average Bonchev–Trinajstić information content (AvgIpc) is 2.67.